The lowest BCUT2D eigenvalue weighted by molar-refractivity contribution is -0.696. The highest BCUT2D eigenvalue weighted by molar-refractivity contribution is 6.60. The van der Waals surface area contributed by atoms with E-state index in [9.17, 15) is 0 Å². The lowest BCUT2D eigenvalue weighted by atomic mass is 10.5. The second-order valence-corrected chi connectivity index (χ2v) is 7.13. The Bertz CT molecular complexity index is 356. The van der Waals surface area contributed by atoms with Gasteiger partial charge in [0.05, 0.1) is 6.54 Å². The van der Waals surface area contributed by atoms with Gasteiger partial charge in [0.15, 0.2) is 0 Å². The average molecular weight is 271 g/mol. The first-order chi connectivity index (χ1) is 8.69. The topological polar surface area (TPSA) is 36.5 Å². The number of hydrogen-bond acceptors (Lipinski definition) is 3. The van der Waals surface area contributed by atoms with Crippen molar-refractivity contribution in [1.29, 1.82) is 0 Å². The van der Waals surface area contributed by atoms with E-state index in [-0.39, 0.29) is 0 Å². The van der Waals surface area contributed by atoms with Gasteiger partial charge < -0.3 is 13.3 Å². The van der Waals surface area contributed by atoms with Gasteiger partial charge in [-0.15, -0.1) is 0 Å². The van der Waals surface area contributed by atoms with Crippen LogP contribution in [0.5, 0.6) is 0 Å². The van der Waals surface area contributed by atoms with Crippen LogP contribution in [0, 0.1) is 0 Å². The molecular weight excluding hydrogens is 248 g/mol. The maximum absolute atomic E-state index is 5.38. The second-order valence-electron chi connectivity index (χ2n) is 4.04. The molecule has 18 heavy (non-hydrogen) atoms. The zero-order valence-corrected chi connectivity index (χ0v) is 12.5. The summed E-state index contributed by atoms with van der Waals surface area (Å²) in [6.07, 6.45) is 9.00. The fourth-order valence-corrected chi connectivity index (χ4v) is 3.57. The van der Waals surface area contributed by atoms with Crippen LogP contribution in [0.25, 0.3) is 0 Å². The van der Waals surface area contributed by atoms with E-state index in [1.54, 1.807) is 21.3 Å². The predicted molar refractivity (Wildman–Crippen MR) is 71.0 cm³/mol. The van der Waals surface area contributed by atoms with Gasteiger partial charge in [-0.1, -0.05) is 12.7 Å². The smallest absolute Gasteiger partial charge is 0.377 e. The van der Waals surface area contributed by atoms with Gasteiger partial charge >= 0.3 is 8.80 Å². The minimum atomic E-state index is -2.42. The van der Waals surface area contributed by atoms with Crippen LogP contribution in [0.4, 0.5) is 0 Å². The third kappa shape index (κ3) is 4.06. The molecule has 0 unspecified atom stereocenters. The molecule has 0 aromatic carbocycles. The first kappa shape index (κ1) is 15.1. The Morgan fingerprint density at radius 1 is 1.28 bits per heavy atom. The van der Waals surface area contributed by atoms with Crippen molar-refractivity contribution in [2.24, 2.45) is 0 Å². The highest BCUT2D eigenvalue weighted by Gasteiger charge is 2.37. The van der Waals surface area contributed by atoms with E-state index in [0.717, 1.165) is 25.6 Å². The number of aryl methyl sites for hydroxylation is 1. The molecule has 0 N–H and O–H groups in total. The Kier molecular flexibility index (Phi) is 6.27. The normalized spacial score (nSPS) is 11.7. The lowest BCUT2D eigenvalue weighted by Gasteiger charge is -2.23. The van der Waals surface area contributed by atoms with Crippen molar-refractivity contribution >= 4 is 8.80 Å². The van der Waals surface area contributed by atoms with Gasteiger partial charge in [-0.25, -0.2) is 9.13 Å². The minimum Gasteiger partial charge on any atom is -0.377 e. The number of rotatable bonds is 9. The molecule has 0 radical (unpaired) electrons. The molecule has 1 rings (SSSR count). The maximum Gasteiger partial charge on any atom is 0.500 e. The summed E-state index contributed by atoms with van der Waals surface area (Å²) in [5.74, 6) is 0. The van der Waals surface area contributed by atoms with Gasteiger partial charge in [0.25, 0.3) is 0 Å². The number of hydrogen-bond donors (Lipinski definition) is 0. The molecule has 0 atom stereocenters. The van der Waals surface area contributed by atoms with Crippen LogP contribution in [0.1, 0.15) is 6.42 Å². The van der Waals surface area contributed by atoms with Crippen LogP contribution in [0.3, 0.4) is 0 Å². The van der Waals surface area contributed by atoms with Gasteiger partial charge in [-0.2, -0.15) is 0 Å². The van der Waals surface area contributed by atoms with Crippen LogP contribution in [0.2, 0.25) is 6.04 Å². The maximum atomic E-state index is 5.38. The standard InChI is InChI=1S/C12H23N2O3Si/c1-5-7-13-9-10-14(12-13)8-6-11-18(15-2,16-3)17-4/h5,9-10,12H,1,6-8,11H2,2-4H3/q+1. The average Bonchev–Trinajstić information content (AvgIpc) is 2.84. The van der Waals surface area contributed by atoms with E-state index in [1.807, 2.05) is 12.3 Å². The van der Waals surface area contributed by atoms with Crippen molar-refractivity contribution in [3.8, 4) is 0 Å². The Morgan fingerprint density at radius 2 is 1.94 bits per heavy atom. The quantitative estimate of drug-likeness (QED) is 0.385. The van der Waals surface area contributed by atoms with Crippen molar-refractivity contribution in [2.75, 3.05) is 21.3 Å². The van der Waals surface area contributed by atoms with E-state index in [2.05, 4.69) is 28.2 Å². The molecule has 1 aromatic rings. The van der Waals surface area contributed by atoms with Gasteiger partial charge in [0.2, 0.25) is 6.33 Å². The van der Waals surface area contributed by atoms with Gasteiger partial charge in [-0.3, -0.25) is 0 Å². The van der Waals surface area contributed by atoms with Crippen LogP contribution in [0.15, 0.2) is 31.4 Å². The molecule has 0 saturated carbocycles. The van der Waals surface area contributed by atoms with E-state index in [0.29, 0.717) is 0 Å². The summed E-state index contributed by atoms with van der Waals surface area (Å²) in [7, 11) is 2.52. The van der Waals surface area contributed by atoms with E-state index < -0.39 is 8.80 Å². The van der Waals surface area contributed by atoms with Crippen LogP contribution < -0.4 is 4.57 Å². The number of aromatic nitrogens is 2. The molecular formula is C12H23N2O3Si+. The van der Waals surface area contributed by atoms with Crippen molar-refractivity contribution in [3.05, 3.63) is 31.4 Å². The Labute approximate surface area is 110 Å². The van der Waals surface area contributed by atoms with Gasteiger partial charge in [0, 0.05) is 27.4 Å². The lowest BCUT2D eigenvalue weighted by Crippen LogP contribution is -2.43. The second kappa shape index (κ2) is 7.47. The summed E-state index contributed by atoms with van der Waals surface area (Å²) in [5, 5.41) is 0. The Morgan fingerprint density at radius 3 is 2.50 bits per heavy atom. The predicted octanol–water partition coefficient (Wildman–Crippen LogP) is 1.23. The molecule has 0 aliphatic heterocycles. The first-order valence-corrected chi connectivity index (χ1v) is 7.94. The van der Waals surface area contributed by atoms with Crippen molar-refractivity contribution < 1.29 is 17.8 Å². The zero-order valence-electron chi connectivity index (χ0n) is 11.5. The molecule has 1 aromatic heterocycles. The zero-order chi connectivity index (χ0) is 13.4. The van der Waals surface area contributed by atoms with Gasteiger partial charge in [-0.05, 0) is 6.42 Å². The third-order valence-corrected chi connectivity index (χ3v) is 5.75. The summed E-state index contributed by atoms with van der Waals surface area (Å²) in [4.78, 5) is 0. The largest absolute Gasteiger partial charge is 0.500 e. The number of nitrogens with zero attached hydrogens (tertiary/aromatic N) is 2. The summed E-state index contributed by atoms with van der Waals surface area (Å²) >= 11 is 0. The van der Waals surface area contributed by atoms with Crippen LogP contribution >= 0.6 is 0 Å². The number of allylic oxidation sites excluding steroid dienone is 1. The fraction of sp³-hybridized carbons (Fsp3) is 0.583. The van der Waals surface area contributed by atoms with Crippen molar-refractivity contribution in [3.63, 3.8) is 0 Å². The minimum absolute atomic E-state index is 0.816. The summed E-state index contributed by atoms with van der Waals surface area (Å²) in [6, 6.07) is 0.816. The van der Waals surface area contributed by atoms with E-state index in [4.69, 9.17) is 13.3 Å². The molecule has 6 heteroatoms. The molecule has 0 amide bonds. The Hall–Kier alpha value is -0.953. The summed E-state index contributed by atoms with van der Waals surface area (Å²) in [5.41, 5.74) is 0. The van der Waals surface area contributed by atoms with E-state index in [1.165, 1.54) is 0 Å². The molecule has 5 nitrogen and oxygen atoms in total. The Balaban J connectivity index is 2.42. The van der Waals surface area contributed by atoms with Crippen LogP contribution in [-0.4, -0.2) is 34.7 Å². The summed E-state index contributed by atoms with van der Waals surface area (Å²) in [6.45, 7) is 5.48. The molecule has 0 spiro atoms. The molecule has 0 aliphatic rings. The highest BCUT2D eigenvalue weighted by atomic mass is 28.4. The fourth-order valence-electron chi connectivity index (χ4n) is 1.86. The third-order valence-electron chi connectivity index (χ3n) is 2.92. The molecule has 102 valence electrons. The monoisotopic (exact) mass is 271 g/mol. The molecule has 0 fully saturated rings. The summed E-state index contributed by atoms with van der Waals surface area (Å²) < 4.78 is 20.4. The molecule has 1 heterocycles. The van der Waals surface area contributed by atoms with Crippen LogP contribution in [-0.2, 0) is 26.4 Å². The SMILES string of the molecule is C=CCn1cc[n+](CCC[Si](OC)(OC)OC)c1. The molecule has 0 aliphatic carbocycles. The van der Waals surface area contributed by atoms with Gasteiger partial charge in [0.1, 0.15) is 18.9 Å². The van der Waals surface area contributed by atoms with Crippen molar-refractivity contribution in [2.45, 2.75) is 25.6 Å². The first-order valence-electron chi connectivity index (χ1n) is 6.01. The molecule has 0 saturated heterocycles. The van der Waals surface area contributed by atoms with E-state index >= 15 is 0 Å². The number of imidazole rings is 1. The van der Waals surface area contributed by atoms with Crippen molar-refractivity contribution in [1.82, 2.24) is 4.57 Å². The highest BCUT2D eigenvalue weighted by Crippen LogP contribution is 2.14. The molecule has 0 bridgehead atoms.